The van der Waals surface area contributed by atoms with Crippen LogP contribution >= 0.6 is 23.2 Å². The number of halogens is 2. The van der Waals surface area contributed by atoms with Crippen molar-refractivity contribution in [2.45, 2.75) is 135 Å². The maximum absolute atomic E-state index is 13.5. The summed E-state index contributed by atoms with van der Waals surface area (Å²) in [5.74, 6) is 0. The summed E-state index contributed by atoms with van der Waals surface area (Å²) in [6, 6.07) is 19.3. The number of hydrogen-bond donors (Lipinski definition) is 0. The first-order chi connectivity index (χ1) is 18.4. The van der Waals surface area contributed by atoms with Crippen LogP contribution in [0.4, 0.5) is 0 Å². The first-order valence-electron chi connectivity index (χ1n) is 14.7. The van der Waals surface area contributed by atoms with E-state index in [1.165, 1.54) is 25.7 Å². The average molecular weight is 600 g/mol. The summed E-state index contributed by atoms with van der Waals surface area (Å²) in [7, 11) is -2.49. The molecule has 0 radical (unpaired) electrons. The van der Waals surface area contributed by atoms with Crippen molar-refractivity contribution in [1.29, 1.82) is 0 Å². The molecule has 0 spiro atoms. The second-order valence-electron chi connectivity index (χ2n) is 10.5. The minimum atomic E-state index is -1.24. The maximum Gasteiger partial charge on any atom is 0.124 e. The van der Waals surface area contributed by atoms with Gasteiger partial charge in [-0.05, 0) is 49.9 Å². The van der Waals surface area contributed by atoms with E-state index in [1.54, 1.807) is 0 Å². The van der Waals surface area contributed by atoms with Crippen molar-refractivity contribution < 1.29 is 8.42 Å². The van der Waals surface area contributed by atoms with Crippen molar-refractivity contribution in [2.24, 2.45) is 0 Å². The van der Waals surface area contributed by atoms with Crippen molar-refractivity contribution in [1.82, 2.24) is 0 Å². The molecule has 38 heavy (non-hydrogen) atoms. The van der Waals surface area contributed by atoms with Gasteiger partial charge in [0, 0.05) is 9.79 Å². The third kappa shape index (κ3) is 11.4. The van der Waals surface area contributed by atoms with Gasteiger partial charge in [0.15, 0.2) is 0 Å². The molecule has 0 aliphatic rings. The van der Waals surface area contributed by atoms with E-state index in [0.717, 1.165) is 86.8 Å². The summed E-state index contributed by atoms with van der Waals surface area (Å²) in [6.45, 7) is 4.40. The molecule has 4 unspecified atom stereocenters. The lowest BCUT2D eigenvalue weighted by Gasteiger charge is -2.27. The van der Waals surface area contributed by atoms with Crippen molar-refractivity contribution in [3.05, 3.63) is 60.7 Å². The Morgan fingerprint density at radius 1 is 0.500 bits per heavy atom. The van der Waals surface area contributed by atoms with Gasteiger partial charge < -0.3 is 0 Å². The Bertz CT molecular complexity index is 863. The summed E-state index contributed by atoms with van der Waals surface area (Å²) in [5.41, 5.74) is 0. The number of rotatable bonds is 21. The lowest BCUT2D eigenvalue weighted by atomic mass is 10.0. The molecule has 0 saturated heterocycles. The van der Waals surface area contributed by atoms with Gasteiger partial charge in [0.2, 0.25) is 0 Å². The maximum atomic E-state index is 13.5. The highest BCUT2D eigenvalue weighted by Gasteiger charge is 2.36. The zero-order valence-electron chi connectivity index (χ0n) is 23.5. The molecule has 0 fully saturated rings. The van der Waals surface area contributed by atoms with Crippen molar-refractivity contribution in [2.75, 3.05) is 0 Å². The number of benzene rings is 2. The van der Waals surface area contributed by atoms with E-state index in [2.05, 4.69) is 13.8 Å². The lowest BCUT2D eigenvalue weighted by molar-refractivity contribution is 0.497. The monoisotopic (exact) mass is 598 g/mol. The van der Waals surface area contributed by atoms with Crippen LogP contribution in [0.2, 0.25) is 0 Å². The Kier molecular flexibility index (Phi) is 16.4. The van der Waals surface area contributed by atoms with Gasteiger partial charge in [-0.3, -0.25) is 8.42 Å². The predicted octanol–water partition coefficient (Wildman–Crippen LogP) is 10.8. The Morgan fingerprint density at radius 2 is 0.789 bits per heavy atom. The fourth-order valence-electron chi connectivity index (χ4n) is 4.89. The molecule has 0 aliphatic heterocycles. The molecular formula is C32H48Cl2O2S2. The summed E-state index contributed by atoms with van der Waals surface area (Å²) in [5, 5.41) is 0. The molecule has 0 aromatic heterocycles. The Labute approximate surface area is 247 Å². The van der Waals surface area contributed by atoms with Crippen LogP contribution in [-0.4, -0.2) is 16.8 Å². The molecule has 2 aromatic carbocycles. The van der Waals surface area contributed by atoms with Crippen LogP contribution < -0.4 is 0 Å². The van der Waals surface area contributed by atoms with Crippen LogP contribution in [0.3, 0.4) is 0 Å². The first kappa shape index (κ1) is 33.5. The van der Waals surface area contributed by atoms with Gasteiger partial charge in [-0.15, -0.1) is 23.2 Å². The first-order valence-corrected chi connectivity index (χ1v) is 17.7. The van der Waals surface area contributed by atoms with Crippen molar-refractivity contribution in [3.63, 3.8) is 0 Å². The quantitative estimate of drug-likeness (QED) is 0.106. The molecule has 214 valence electrons. The van der Waals surface area contributed by atoms with E-state index in [9.17, 15) is 8.42 Å². The Hall–Kier alpha value is -0.680. The van der Waals surface area contributed by atoms with Gasteiger partial charge in [-0.2, -0.15) is 0 Å². The van der Waals surface area contributed by atoms with E-state index in [0.29, 0.717) is 0 Å². The fourth-order valence-corrected chi connectivity index (χ4v) is 8.94. The predicted molar refractivity (Wildman–Crippen MR) is 168 cm³/mol. The van der Waals surface area contributed by atoms with Crippen molar-refractivity contribution in [3.8, 4) is 0 Å². The highest BCUT2D eigenvalue weighted by Crippen LogP contribution is 2.38. The molecule has 0 aliphatic carbocycles. The second kappa shape index (κ2) is 18.6. The van der Waals surface area contributed by atoms with Gasteiger partial charge >= 0.3 is 0 Å². The lowest BCUT2D eigenvalue weighted by Crippen LogP contribution is -2.28. The normalized spacial score (nSPS) is 16.4. The number of unbranched alkanes of at least 4 members (excludes halogenated alkanes) is 9. The molecular weight excluding hydrogens is 551 g/mol. The van der Waals surface area contributed by atoms with Gasteiger partial charge in [-0.25, -0.2) is 0 Å². The third-order valence-electron chi connectivity index (χ3n) is 7.24. The molecule has 0 heterocycles. The van der Waals surface area contributed by atoms with Gasteiger partial charge in [0.05, 0.1) is 21.6 Å². The van der Waals surface area contributed by atoms with E-state index in [4.69, 9.17) is 23.2 Å². The molecule has 2 aromatic rings. The van der Waals surface area contributed by atoms with Crippen molar-refractivity contribution >= 4 is 44.8 Å². The van der Waals surface area contributed by atoms with Gasteiger partial charge in [-0.1, -0.05) is 127 Å². The summed E-state index contributed by atoms with van der Waals surface area (Å²) in [6.07, 6.45) is 15.9. The van der Waals surface area contributed by atoms with Gasteiger partial charge in [0.25, 0.3) is 0 Å². The Morgan fingerprint density at radius 3 is 1.08 bits per heavy atom. The SMILES string of the molecule is CCCCCCC(Cl)(CCCCCCC(Cl)(CCCCCC)S(=O)c1ccccc1)S(=O)c1ccccc1. The summed E-state index contributed by atoms with van der Waals surface area (Å²) in [4.78, 5) is 1.63. The molecule has 0 saturated carbocycles. The second-order valence-corrected chi connectivity index (χ2v) is 15.9. The van der Waals surface area contributed by atoms with Crippen LogP contribution in [0.5, 0.6) is 0 Å². The highest BCUT2D eigenvalue weighted by molar-refractivity contribution is 7.88. The van der Waals surface area contributed by atoms with E-state index in [-0.39, 0.29) is 0 Å². The van der Waals surface area contributed by atoms with Crippen LogP contribution in [0, 0.1) is 0 Å². The summed E-state index contributed by atoms with van der Waals surface area (Å²) >= 11 is 14.2. The zero-order valence-corrected chi connectivity index (χ0v) is 26.6. The fraction of sp³-hybridized carbons (Fsp3) is 0.625. The minimum absolute atomic E-state index is 0.723. The topological polar surface area (TPSA) is 34.1 Å². The zero-order chi connectivity index (χ0) is 27.7. The standard InChI is InChI=1S/C32H48Cl2O2S2/c1-3-5-7-17-25-31(33,37(35)29-21-13-11-14-22-29)27-19-9-10-20-28-32(34,26-18-8-6-4-2)38(36)30-23-15-12-16-24-30/h11-16,21-24H,3-10,17-20,25-28H2,1-2H3. The average Bonchev–Trinajstić information content (AvgIpc) is 2.95. The Balaban J connectivity index is 1.92. The van der Waals surface area contributed by atoms with Gasteiger partial charge in [0.1, 0.15) is 8.41 Å². The summed E-state index contributed by atoms with van der Waals surface area (Å²) < 4.78 is 25.5. The smallest absolute Gasteiger partial charge is 0.124 e. The number of alkyl halides is 2. The largest absolute Gasteiger partial charge is 0.253 e. The van der Waals surface area contributed by atoms with Crippen LogP contribution in [0.1, 0.15) is 117 Å². The molecule has 0 amide bonds. The molecule has 2 nitrogen and oxygen atoms in total. The molecule has 6 heteroatoms. The molecule has 2 rings (SSSR count). The molecule has 4 atom stereocenters. The number of hydrogen-bond acceptors (Lipinski definition) is 2. The van der Waals surface area contributed by atoms with E-state index < -0.39 is 30.0 Å². The third-order valence-corrected chi connectivity index (χ3v) is 12.4. The van der Waals surface area contributed by atoms with E-state index in [1.807, 2.05) is 60.7 Å². The van der Waals surface area contributed by atoms with E-state index >= 15 is 0 Å². The highest BCUT2D eigenvalue weighted by atomic mass is 35.5. The molecule has 0 bridgehead atoms. The van der Waals surface area contributed by atoms with Crippen LogP contribution in [0.15, 0.2) is 70.5 Å². The minimum Gasteiger partial charge on any atom is -0.253 e. The molecule has 0 N–H and O–H groups in total. The van der Waals surface area contributed by atoms with Crippen LogP contribution in [0.25, 0.3) is 0 Å². The van der Waals surface area contributed by atoms with Crippen LogP contribution in [-0.2, 0) is 21.6 Å².